The number of amides is 1. The van der Waals surface area contributed by atoms with Crippen molar-refractivity contribution in [1.82, 2.24) is 9.21 Å². The van der Waals surface area contributed by atoms with Crippen molar-refractivity contribution in [2.75, 3.05) is 20.1 Å². The predicted octanol–water partition coefficient (Wildman–Crippen LogP) is 1.99. The van der Waals surface area contributed by atoms with Crippen LogP contribution in [0.2, 0.25) is 5.02 Å². The maximum Gasteiger partial charge on any atom is 0.245 e. The number of rotatable bonds is 2. The van der Waals surface area contributed by atoms with E-state index in [-0.39, 0.29) is 15.8 Å². The van der Waals surface area contributed by atoms with Crippen molar-refractivity contribution in [3.8, 4) is 6.07 Å². The zero-order valence-corrected chi connectivity index (χ0v) is 14.9. The highest BCUT2D eigenvalue weighted by molar-refractivity contribution is 7.89. The van der Waals surface area contributed by atoms with E-state index >= 15 is 0 Å². The molecule has 1 aromatic rings. The quantitative estimate of drug-likeness (QED) is 0.800. The number of halogens is 1. The van der Waals surface area contributed by atoms with E-state index in [1.165, 1.54) is 22.5 Å². The fraction of sp³-hybridized carbons (Fsp3) is 0.500. The molecule has 0 N–H and O–H groups in total. The summed E-state index contributed by atoms with van der Waals surface area (Å²) in [6, 6.07) is 6.04. The van der Waals surface area contributed by atoms with E-state index in [1.54, 1.807) is 11.9 Å². The number of likely N-dealkylation sites (tertiary alicyclic amines) is 1. The van der Waals surface area contributed by atoms with Gasteiger partial charge in [0.25, 0.3) is 0 Å². The SMILES string of the molecule is CN1CCCC2(CCCN2S(=O)(=O)c2ccc(C#N)cc2Cl)C1=O. The Hall–Kier alpha value is -1.62. The minimum Gasteiger partial charge on any atom is -0.344 e. The number of hydrogen-bond acceptors (Lipinski definition) is 4. The third kappa shape index (κ3) is 2.50. The summed E-state index contributed by atoms with van der Waals surface area (Å²) < 4.78 is 27.7. The van der Waals surface area contributed by atoms with E-state index in [2.05, 4.69) is 0 Å². The molecule has 0 bridgehead atoms. The Morgan fingerprint density at radius 3 is 2.54 bits per heavy atom. The molecule has 3 rings (SSSR count). The minimum atomic E-state index is -3.91. The highest BCUT2D eigenvalue weighted by Crippen LogP contribution is 2.42. The molecule has 2 heterocycles. The number of carbonyl (C=O) groups excluding carboxylic acids is 1. The molecule has 1 aromatic carbocycles. The summed E-state index contributed by atoms with van der Waals surface area (Å²) in [5.41, 5.74) is -0.702. The summed E-state index contributed by atoms with van der Waals surface area (Å²) in [5.74, 6) is -0.139. The van der Waals surface area contributed by atoms with Gasteiger partial charge in [-0.25, -0.2) is 8.42 Å². The molecule has 1 spiro atoms. The molecule has 2 aliphatic rings. The normalized spacial score (nSPS) is 25.2. The molecule has 1 unspecified atom stereocenters. The first-order chi connectivity index (χ1) is 11.3. The van der Waals surface area contributed by atoms with E-state index in [1.807, 2.05) is 6.07 Å². The van der Waals surface area contributed by atoms with Gasteiger partial charge >= 0.3 is 0 Å². The highest BCUT2D eigenvalue weighted by atomic mass is 35.5. The lowest BCUT2D eigenvalue weighted by molar-refractivity contribution is -0.142. The molecule has 24 heavy (non-hydrogen) atoms. The molecule has 8 heteroatoms. The highest BCUT2D eigenvalue weighted by Gasteiger charge is 2.55. The van der Waals surface area contributed by atoms with Crippen molar-refractivity contribution in [2.24, 2.45) is 0 Å². The molecule has 0 aromatic heterocycles. The summed E-state index contributed by atoms with van der Waals surface area (Å²) in [6.07, 6.45) is 2.48. The third-order valence-corrected chi connectivity index (χ3v) is 7.34. The number of sulfonamides is 1. The summed E-state index contributed by atoms with van der Waals surface area (Å²) >= 11 is 6.11. The second-order valence-corrected chi connectivity index (χ2v) is 8.54. The summed E-state index contributed by atoms with van der Waals surface area (Å²) in [6.45, 7) is 0.949. The lowest BCUT2D eigenvalue weighted by Gasteiger charge is -2.42. The number of benzene rings is 1. The number of piperidine rings is 1. The Balaban J connectivity index is 2.06. The van der Waals surface area contributed by atoms with Gasteiger partial charge in [0.15, 0.2) is 0 Å². The topological polar surface area (TPSA) is 81.5 Å². The Labute approximate surface area is 146 Å². The smallest absolute Gasteiger partial charge is 0.245 e. The first-order valence-corrected chi connectivity index (χ1v) is 9.63. The van der Waals surface area contributed by atoms with E-state index in [0.29, 0.717) is 37.9 Å². The number of likely N-dealkylation sites (N-methyl/N-ethyl adjacent to an activating group) is 1. The van der Waals surface area contributed by atoms with Gasteiger partial charge in [-0.15, -0.1) is 0 Å². The molecule has 128 valence electrons. The monoisotopic (exact) mass is 367 g/mol. The first-order valence-electron chi connectivity index (χ1n) is 7.81. The lowest BCUT2D eigenvalue weighted by Crippen LogP contribution is -2.60. The molecule has 0 radical (unpaired) electrons. The van der Waals surface area contributed by atoms with Crippen molar-refractivity contribution in [2.45, 2.75) is 36.1 Å². The maximum absolute atomic E-state index is 13.2. The van der Waals surface area contributed by atoms with E-state index < -0.39 is 15.6 Å². The van der Waals surface area contributed by atoms with Crippen LogP contribution in [0.15, 0.2) is 23.1 Å². The lowest BCUT2D eigenvalue weighted by atomic mass is 9.87. The molecular formula is C16H18ClN3O3S. The molecular weight excluding hydrogens is 350 g/mol. The Morgan fingerprint density at radius 2 is 1.92 bits per heavy atom. The van der Waals surface area contributed by atoms with Gasteiger partial charge in [-0.2, -0.15) is 9.57 Å². The van der Waals surface area contributed by atoms with E-state index in [0.717, 1.165) is 6.42 Å². The van der Waals surface area contributed by atoms with Crippen LogP contribution < -0.4 is 0 Å². The fourth-order valence-corrected chi connectivity index (χ4v) is 6.08. The van der Waals surface area contributed by atoms with Crippen molar-refractivity contribution in [3.05, 3.63) is 28.8 Å². The van der Waals surface area contributed by atoms with Gasteiger partial charge in [-0.05, 0) is 43.9 Å². The second-order valence-electron chi connectivity index (χ2n) is 6.30. The van der Waals surface area contributed by atoms with Crippen LogP contribution in [0.5, 0.6) is 0 Å². The molecule has 0 saturated carbocycles. The van der Waals surface area contributed by atoms with Crippen LogP contribution in [-0.4, -0.2) is 49.2 Å². The zero-order chi connectivity index (χ0) is 17.5. The van der Waals surface area contributed by atoms with Crippen LogP contribution >= 0.6 is 11.6 Å². The first kappa shape index (κ1) is 17.2. The van der Waals surface area contributed by atoms with Crippen molar-refractivity contribution < 1.29 is 13.2 Å². The van der Waals surface area contributed by atoms with Gasteiger partial charge in [0.05, 0.1) is 16.7 Å². The van der Waals surface area contributed by atoms with Gasteiger partial charge in [0.2, 0.25) is 15.9 Å². The predicted molar refractivity (Wildman–Crippen MR) is 88.9 cm³/mol. The number of carbonyl (C=O) groups is 1. The van der Waals surface area contributed by atoms with Gasteiger partial charge in [-0.3, -0.25) is 4.79 Å². The van der Waals surface area contributed by atoms with Gasteiger partial charge in [-0.1, -0.05) is 11.6 Å². The molecule has 2 fully saturated rings. The number of nitriles is 1. The van der Waals surface area contributed by atoms with Crippen LogP contribution in [0.25, 0.3) is 0 Å². The second kappa shape index (κ2) is 6.03. The number of hydrogen-bond donors (Lipinski definition) is 0. The third-order valence-electron chi connectivity index (χ3n) is 4.89. The summed E-state index contributed by atoms with van der Waals surface area (Å²) in [4.78, 5) is 14.3. The average Bonchev–Trinajstić information content (AvgIpc) is 2.97. The average molecular weight is 368 g/mol. The van der Waals surface area contributed by atoms with Gasteiger partial charge in [0.1, 0.15) is 10.4 Å². The Morgan fingerprint density at radius 1 is 1.25 bits per heavy atom. The molecule has 2 saturated heterocycles. The molecule has 1 atom stereocenters. The van der Waals surface area contributed by atoms with Crippen molar-refractivity contribution >= 4 is 27.5 Å². The van der Waals surface area contributed by atoms with Crippen LogP contribution in [0.4, 0.5) is 0 Å². The molecule has 2 aliphatic heterocycles. The van der Waals surface area contributed by atoms with Crippen LogP contribution in [0, 0.1) is 11.3 Å². The summed E-state index contributed by atoms with van der Waals surface area (Å²) in [7, 11) is -2.20. The van der Waals surface area contributed by atoms with Crippen molar-refractivity contribution in [3.63, 3.8) is 0 Å². The van der Waals surface area contributed by atoms with Gasteiger partial charge < -0.3 is 4.90 Å². The largest absolute Gasteiger partial charge is 0.344 e. The minimum absolute atomic E-state index is 0.00714. The number of nitrogens with zero attached hydrogens (tertiary/aromatic N) is 3. The van der Waals surface area contributed by atoms with Crippen molar-refractivity contribution in [1.29, 1.82) is 5.26 Å². The van der Waals surface area contributed by atoms with E-state index in [4.69, 9.17) is 16.9 Å². The maximum atomic E-state index is 13.2. The Kier molecular flexibility index (Phi) is 4.32. The fourth-order valence-electron chi connectivity index (χ4n) is 3.74. The van der Waals surface area contributed by atoms with Crippen LogP contribution in [-0.2, 0) is 14.8 Å². The molecule has 6 nitrogen and oxygen atoms in total. The summed E-state index contributed by atoms with van der Waals surface area (Å²) in [5, 5.41) is 8.92. The Bertz CT molecular complexity index is 833. The van der Waals surface area contributed by atoms with E-state index in [9.17, 15) is 13.2 Å². The molecule has 0 aliphatic carbocycles. The van der Waals surface area contributed by atoms with Crippen LogP contribution in [0.3, 0.4) is 0 Å². The zero-order valence-electron chi connectivity index (χ0n) is 13.3. The standard InChI is InChI=1S/C16H18ClN3O3S/c1-19-8-2-6-16(15(19)21)7-3-9-20(16)24(22,23)14-5-4-12(11-18)10-13(14)17/h4-5,10H,2-3,6-9H2,1H3. The molecule has 1 amide bonds. The van der Waals surface area contributed by atoms with Crippen LogP contribution in [0.1, 0.15) is 31.2 Å². The van der Waals surface area contributed by atoms with Gasteiger partial charge in [0, 0.05) is 20.1 Å².